The first kappa shape index (κ1) is 13.9. The van der Waals surface area contributed by atoms with Crippen LogP contribution in [-0.4, -0.2) is 29.3 Å². The van der Waals surface area contributed by atoms with Crippen molar-refractivity contribution in [1.82, 2.24) is 15.5 Å². The highest BCUT2D eigenvalue weighted by atomic mass is 16.6. The highest BCUT2D eigenvalue weighted by Gasteiger charge is 2.26. The zero-order valence-electron chi connectivity index (χ0n) is 12.2. The second-order valence-corrected chi connectivity index (χ2v) is 5.07. The normalized spacial score (nSPS) is 18.5. The Balaban J connectivity index is 1.67. The molecule has 21 heavy (non-hydrogen) atoms. The van der Waals surface area contributed by atoms with Gasteiger partial charge in [-0.1, -0.05) is 24.2 Å². The van der Waals surface area contributed by atoms with E-state index in [4.69, 9.17) is 14.0 Å². The summed E-state index contributed by atoms with van der Waals surface area (Å²) in [4.78, 5) is 4.41. The van der Waals surface area contributed by atoms with Gasteiger partial charge in [-0.2, -0.15) is 4.98 Å². The Kier molecular flexibility index (Phi) is 4.06. The molecule has 1 aromatic heterocycles. The molecular weight excluding hydrogens is 270 g/mol. The molecule has 1 aliphatic rings. The van der Waals surface area contributed by atoms with E-state index in [1.807, 2.05) is 24.3 Å². The third-order valence-electron chi connectivity index (χ3n) is 3.31. The average molecular weight is 289 g/mol. The molecule has 2 aromatic rings. The molecule has 0 saturated carbocycles. The van der Waals surface area contributed by atoms with Crippen LogP contribution in [0.4, 0.5) is 0 Å². The summed E-state index contributed by atoms with van der Waals surface area (Å²) in [5, 5.41) is 7.32. The fourth-order valence-corrected chi connectivity index (χ4v) is 2.31. The van der Waals surface area contributed by atoms with Crippen LogP contribution in [0.2, 0.25) is 0 Å². The second kappa shape index (κ2) is 6.13. The first-order chi connectivity index (χ1) is 10.3. The first-order valence-corrected chi connectivity index (χ1v) is 7.20. The summed E-state index contributed by atoms with van der Waals surface area (Å²) in [6.07, 6.45) is 0.372. The van der Waals surface area contributed by atoms with E-state index in [2.05, 4.69) is 29.3 Å². The Bertz CT molecular complexity index is 599. The largest absolute Gasteiger partial charge is 0.485 e. The van der Waals surface area contributed by atoms with Crippen LogP contribution in [0, 0.1) is 0 Å². The smallest absolute Gasteiger partial charge is 0.228 e. The number of rotatable bonds is 5. The topological polar surface area (TPSA) is 69.4 Å². The van der Waals surface area contributed by atoms with Gasteiger partial charge in [-0.25, -0.2) is 0 Å². The van der Waals surface area contributed by atoms with Crippen molar-refractivity contribution in [3.05, 3.63) is 36.0 Å². The van der Waals surface area contributed by atoms with E-state index in [9.17, 15) is 0 Å². The maximum Gasteiger partial charge on any atom is 0.228 e. The minimum atomic E-state index is -0.327. The number of para-hydroxylation sites is 2. The van der Waals surface area contributed by atoms with Crippen LogP contribution >= 0.6 is 0 Å². The molecule has 6 heteroatoms. The number of hydrogen-bond donors (Lipinski definition) is 1. The van der Waals surface area contributed by atoms with Gasteiger partial charge < -0.3 is 19.3 Å². The SMILES string of the molecule is CCNC(C)Cc1nc(C2COc3ccccc3O2)no1. The number of fused-ring (bicyclic) bond motifs is 1. The van der Waals surface area contributed by atoms with Crippen molar-refractivity contribution < 1.29 is 14.0 Å². The molecule has 0 aliphatic carbocycles. The molecular formula is C15H19N3O3. The Morgan fingerprint density at radius 3 is 2.95 bits per heavy atom. The molecule has 0 saturated heterocycles. The summed E-state index contributed by atoms with van der Waals surface area (Å²) in [5.41, 5.74) is 0. The van der Waals surface area contributed by atoms with E-state index in [1.165, 1.54) is 0 Å². The highest BCUT2D eigenvalue weighted by molar-refractivity contribution is 5.40. The third kappa shape index (κ3) is 3.16. The molecule has 3 rings (SSSR count). The lowest BCUT2D eigenvalue weighted by atomic mass is 10.2. The molecule has 2 unspecified atom stereocenters. The Morgan fingerprint density at radius 1 is 1.33 bits per heavy atom. The average Bonchev–Trinajstić information content (AvgIpc) is 2.95. The maximum absolute atomic E-state index is 5.86. The van der Waals surface area contributed by atoms with Crippen LogP contribution in [-0.2, 0) is 6.42 Å². The van der Waals surface area contributed by atoms with Gasteiger partial charge in [-0.15, -0.1) is 0 Å². The molecule has 2 atom stereocenters. The van der Waals surface area contributed by atoms with Gasteiger partial charge in [0.15, 0.2) is 17.6 Å². The lowest BCUT2D eigenvalue weighted by Gasteiger charge is -2.24. The Hall–Kier alpha value is -2.08. The fourth-order valence-electron chi connectivity index (χ4n) is 2.31. The summed E-state index contributed by atoms with van der Waals surface area (Å²) in [6.45, 7) is 5.46. The summed E-state index contributed by atoms with van der Waals surface area (Å²) in [7, 11) is 0. The number of hydrogen-bond acceptors (Lipinski definition) is 6. The summed E-state index contributed by atoms with van der Waals surface area (Å²) >= 11 is 0. The molecule has 2 heterocycles. The molecule has 1 aromatic carbocycles. The summed E-state index contributed by atoms with van der Waals surface area (Å²) in [6, 6.07) is 7.87. The standard InChI is InChI=1S/C15H19N3O3/c1-3-16-10(2)8-14-17-15(18-21-14)13-9-19-11-6-4-5-7-12(11)20-13/h4-7,10,13,16H,3,8-9H2,1-2H3. The van der Waals surface area contributed by atoms with E-state index < -0.39 is 0 Å². The molecule has 6 nitrogen and oxygen atoms in total. The van der Waals surface area contributed by atoms with Gasteiger partial charge in [0.05, 0.1) is 0 Å². The van der Waals surface area contributed by atoms with Crippen LogP contribution in [0.5, 0.6) is 11.5 Å². The second-order valence-electron chi connectivity index (χ2n) is 5.07. The minimum absolute atomic E-state index is 0.299. The van der Waals surface area contributed by atoms with Crippen LogP contribution in [0.1, 0.15) is 31.7 Å². The summed E-state index contributed by atoms with van der Waals surface area (Å²) in [5.74, 6) is 2.60. The molecule has 0 radical (unpaired) electrons. The molecule has 112 valence electrons. The Morgan fingerprint density at radius 2 is 2.14 bits per heavy atom. The predicted octanol–water partition coefficient (Wildman–Crippen LogP) is 2.12. The first-order valence-electron chi connectivity index (χ1n) is 7.20. The van der Waals surface area contributed by atoms with Crippen molar-refractivity contribution in [2.75, 3.05) is 13.2 Å². The van der Waals surface area contributed by atoms with Gasteiger partial charge in [0, 0.05) is 12.5 Å². The number of nitrogens with zero attached hydrogens (tertiary/aromatic N) is 2. The van der Waals surface area contributed by atoms with Crippen LogP contribution in [0.15, 0.2) is 28.8 Å². The molecule has 0 amide bonds. The predicted molar refractivity (Wildman–Crippen MR) is 76.4 cm³/mol. The number of aromatic nitrogens is 2. The van der Waals surface area contributed by atoms with E-state index in [1.54, 1.807) is 0 Å². The highest BCUT2D eigenvalue weighted by Crippen LogP contribution is 2.35. The van der Waals surface area contributed by atoms with Crippen molar-refractivity contribution in [3.63, 3.8) is 0 Å². The lowest BCUT2D eigenvalue weighted by Crippen LogP contribution is -2.27. The zero-order chi connectivity index (χ0) is 14.7. The lowest BCUT2D eigenvalue weighted by molar-refractivity contribution is 0.0832. The molecule has 0 spiro atoms. The molecule has 1 aliphatic heterocycles. The van der Waals surface area contributed by atoms with Crippen molar-refractivity contribution in [3.8, 4) is 11.5 Å². The van der Waals surface area contributed by atoms with E-state index in [-0.39, 0.29) is 6.10 Å². The number of likely N-dealkylation sites (N-methyl/N-ethyl adjacent to an activating group) is 1. The maximum atomic E-state index is 5.86. The minimum Gasteiger partial charge on any atom is -0.485 e. The Labute approximate surface area is 123 Å². The van der Waals surface area contributed by atoms with Crippen molar-refractivity contribution in [2.24, 2.45) is 0 Å². The van der Waals surface area contributed by atoms with Gasteiger partial charge in [-0.3, -0.25) is 0 Å². The van der Waals surface area contributed by atoms with E-state index in [0.717, 1.165) is 12.3 Å². The van der Waals surface area contributed by atoms with Crippen molar-refractivity contribution >= 4 is 0 Å². The third-order valence-corrected chi connectivity index (χ3v) is 3.31. The molecule has 1 N–H and O–H groups in total. The van der Waals surface area contributed by atoms with Gasteiger partial charge in [0.25, 0.3) is 0 Å². The van der Waals surface area contributed by atoms with Crippen LogP contribution in [0.25, 0.3) is 0 Å². The number of nitrogens with one attached hydrogen (secondary N) is 1. The van der Waals surface area contributed by atoms with Crippen LogP contribution < -0.4 is 14.8 Å². The molecule has 0 bridgehead atoms. The number of ether oxygens (including phenoxy) is 2. The monoisotopic (exact) mass is 289 g/mol. The van der Waals surface area contributed by atoms with E-state index >= 15 is 0 Å². The van der Waals surface area contributed by atoms with E-state index in [0.29, 0.717) is 36.5 Å². The van der Waals surface area contributed by atoms with Gasteiger partial charge in [0.2, 0.25) is 11.7 Å². The molecule has 0 fully saturated rings. The van der Waals surface area contributed by atoms with Gasteiger partial charge in [0.1, 0.15) is 6.61 Å². The van der Waals surface area contributed by atoms with Gasteiger partial charge in [-0.05, 0) is 25.6 Å². The zero-order valence-corrected chi connectivity index (χ0v) is 12.2. The van der Waals surface area contributed by atoms with Crippen LogP contribution in [0.3, 0.4) is 0 Å². The fraction of sp³-hybridized carbons (Fsp3) is 0.467. The van der Waals surface area contributed by atoms with Crippen molar-refractivity contribution in [2.45, 2.75) is 32.4 Å². The summed E-state index contributed by atoms with van der Waals surface area (Å²) < 4.78 is 16.8. The van der Waals surface area contributed by atoms with Crippen molar-refractivity contribution in [1.29, 1.82) is 0 Å². The number of benzene rings is 1. The quantitative estimate of drug-likeness (QED) is 0.909. The van der Waals surface area contributed by atoms with Gasteiger partial charge >= 0.3 is 0 Å².